The van der Waals surface area contributed by atoms with Gasteiger partial charge in [-0.15, -0.1) is 0 Å². The molecule has 0 atom stereocenters. The van der Waals surface area contributed by atoms with E-state index >= 15 is 0 Å². The second-order valence-corrected chi connectivity index (χ2v) is 8.04. The van der Waals surface area contributed by atoms with E-state index < -0.39 is 0 Å². The molecule has 1 heterocycles. The number of hydrogen-bond acceptors (Lipinski definition) is 3. The average molecular weight is 340 g/mol. The van der Waals surface area contributed by atoms with E-state index in [4.69, 9.17) is 4.98 Å². The van der Waals surface area contributed by atoms with Crippen LogP contribution in [0.2, 0.25) is 0 Å². The van der Waals surface area contributed by atoms with Crippen LogP contribution in [-0.2, 0) is 5.41 Å². The van der Waals surface area contributed by atoms with Gasteiger partial charge in [0.2, 0.25) is 0 Å². The molecule has 1 aliphatic carbocycles. The van der Waals surface area contributed by atoms with Gasteiger partial charge in [-0.3, -0.25) is 0 Å². The molecule has 2 rings (SSSR count). The summed E-state index contributed by atoms with van der Waals surface area (Å²) >= 11 is 3.55. The third-order valence-corrected chi connectivity index (χ3v) is 3.99. The Kier molecular flexibility index (Phi) is 4.73. The molecule has 1 aromatic heterocycles. The molecule has 0 aromatic carbocycles. The molecule has 0 N–H and O–H groups in total. The second-order valence-electron chi connectivity index (χ2n) is 7.23. The van der Waals surface area contributed by atoms with E-state index in [-0.39, 0.29) is 5.41 Å². The molecule has 1 aromatic rings. The fourth-order valence-electron chi connectivity index (χ4n) is 2.16. The van der Waals surface area contributed by atoms with Gasteiger partial charge in [-0.05, 0) is 41.1 Å². The molecule has 0 amide bonds. The summed E-state index contributed by atoms with van der Waals surface area (Å²) in [4.78, 5) is 11.8. The summed E-state index contributed by atoms with van der Waals surface area (Å²) in [6, 6.07) is 2.75. The maximum absolute atomic E-state index is 4.83. The first-order chi connectivity index (χ1) is 9.27. The van der Waals surface area contributed by atoms with Crippen LogP contribution in [0.1, 0.15) is 59.7 Å². The van der Waals surface area contributed by atoms with Gasteiger partial charge in [0, 0.05) is 24.1 Å². The molecule has 0 unspecified atom stereocenters. The van der Waals surface area contributed by atoms with Crippen molar-refractivity contribution in [3.63, 3.8) is 0 Å². The van der Waals surface area contributed by atoms with Crippen molar-refractivity contribution >= 4 is 21.7 Å². The van der Waals surface area contributed by atoms with Crippen LogP contribution in [0.25, 0.3) is 0 Å². The number of rotatable bonds is 5. The van der Waals surface area contributed by atoms with Gasteiger partial charge in [-0.2, -0.15) is 0 Å². The normalized spacial score (nSPS) is 15.8. The monoisotopic (exact) mass is 339 g/mol. The van der Waals surface area contributed by atoms with Gasteiger partial charge in [0.15, 0.2) is 0 Å². The van der Waals surface area contributed by atoms with Crippen LogP contribution >= 0.6 is 15.9 Å². The lowest BCUT2D eigenvalue weighted by atomic mass is 9.96. The molecule has 0 bridgehead atoms. The van der Waals surface area contributed by atoms with E-state index in [1.807, 2.05) is 0 Å². The van der Waals surface area contributed by atoms with Crippen LogP contribution in [0, 0.1) is 5.92 Å². The Labute approximate surface area is 131 Å². The van der Waals surface area contributed by atoms with Crippen LogP contribution in [0.4, 0.5) is 5.82 Å². The second kappa shape index (κ2) is 6.00. The van der Waals surface area contributed by atoms with Crippen molar-refractivity contribution in [2.45, 2.75) is 65.3 Å². The van der Waals surface area contributed by atoms with E-state index in [0.717, 1.165) is 28.7 Å². The Bertz CT molecular complexity index is 461. The Balaban J connectivity index is 2.26. The minimum absolute atomic E-state index is 0.0220. The molecule has 4 heteroatoms. The van der Waals surface area contributed by atoms with Crippen molar-refractivity contribution in [2.75, 3.05) is 11.4 Å². The van der Waals surface area contributed by atoms with E-state index in [2.05, 4.69) is 66.5 Å². The van der Waals surface area contributed by atoms with Crippen molar-refractivity contribution in [3.05, 3.63) is 16.5 Å². The largest absolute Gasteiger partial charge is 0.353 e. The van der Waals surface area contributed by atoms with E-state index in [9.17, 15) is 0 Å². The highest BCUT2D eigenvalue weighted by atomic mass is 79.9. The van der Waals surface area contributed by atoms with Gasteiger partial charge in [-0.1, -0.05) is 34.6 Å². The van der Waals surface area contributed by atoms with Crippen molar-refractivity contribution in [2.24, 2.45) is 5.92 Å². The molecule has 0 aliphatic heterocycles. The van der Waals surface area contributed by atoms with Crippen LogP contribution in [0.3, 0.4) is 0 Å². The first kappa shape index (κ1) is 15.7. The summed E-state index contributed by atoms with van der Waals surface area (Å²) in [5, 5.41) is 0. The van der Waals surface area contributed by atoms with Crippen LogP contribution in [0.5, 0.6) is 0 Å². The molecular weight excluding hydrogens is 314 g/mol. The lowest BCUT2D eigenvalue weighted by Crippen LogP contribution is -2.30. The van der Waals surface area contributed by atoms with Crippen LogP contribution in [0.15, 0.2) is 10.7 Å². The molecule has 0 saturated heterocycles. The third kappa shape index (κ3) is 4.18. The van der Waals surface area contributed by atoms with Crippen LogP contribution in [-0.4, -0.2) is 22.6 Å². The minimum Gasteiger partial charge on any atom is -0.353 e. The first-order valence-electron chi connectivity index (χ1n) is 7.59. The summed E-state index contributed by atoms with van der Waals surface area (Å²) in [6.07, 6.45) is 3.80. The van der Waals surface area contributed by atoms with Gasteiger partial charge >= 0.3 is 0 Å². The number of halogens is 1. The van der Waals surface area contributed by atoms with Crippen molar-refractivity contribution in [1.82, 2.24) is 9.97 Å². The average Bonchev–Trinajstić information content (AvgIpc) is 3.11. The molecule has 0 radical (unpaired) electrons. The molecule has 20 heavy (non-hydrogen) atoms. The zero-order valence-corrected chi connectivity index (χ0v) is 14.9. The molecular formula is C16H26BrN3. The van der Waals surface area contributed by atoms with E-state index in [1.54, 1.807) is 0 Å². The molecule has 0 spiro atoms. The number of aromatic nitrogens is 2. The lowest BCUT2D eigenvalue weighted by Gasteiger charge is -2.26. The summed E-state index contributed by atoms with van der Waals surface area (Å²) in [5.41, 5.74) is -0.0220. The third-order valence-electron chi connectivity index (χ3n) is 3.58. The smallest absolute Gasteiger partial charge is 0.137 e. The molecule has 1 saturated carbocycles. The van der Waals surface area contributed by atoms with Gasteiger partial charge < -0.3 is 4.90 Å². The van der Waals surface area contributed by atoms with E-state index in [1.165, 1.54) is 19.3 Å². The molecule has 1 aliphatic rings. The van der Waals surface area contributed by atoms with Gasteiger partial charge in [-0.25, -0.2) is 9.97 Å². The van der Waals surface area contributed by atoms with Crippen molar-refractivity contribution < 1.29 is 0 Å². The summed E-state index contributed by atoms with van der Waals surface area (Å²) in [7, 11) is 0. The first-order valence-corrected chi connectivity index (χ1v) is 8.38. The van der Waals surface area contributed by atoms with Gasteiger partial charge in [0.25, 0.3) is 0 Å². The maximum atomic E-state index is 4.83. The SMILES string of the molecule is CC(C)CCN(c1cc(Br)nc(C(C)(C)C)n1)C1CC1. The Morgan fingerprint density at radius 1 is 1.30 bits per heavy atom. The Morgan fingerprint density at radius 2 is 1.95 bits per heavy atom. The predicted molar refractivity (Wildman–Crippen MR) is 88.3 cm³/mol. The van der Waals surface area contributed by atoms with E-state index in [0.29, 0.717) is 6.04 Å². The topological polar surface area (TPSA) is 29.0 Å². The summed E-state index contributed by atoms with van der Waals surface area (Å²) < 4.78 is 0.891. The van der Waals surface area contributed by atoms with Crippen molar-refractivity contribution in [1.29, 1.82) is 0 Å². The predicted octanol–water partition coefficient (Wildman–Crippen LogP) is 4.55. The molecule has 3 nitrogen and oxygen atoms in total. The van der Waals surface area contributed by atoms with Gasteiger partial charge in [0.1, 0.15) is 16.2 Å². The van der Waals surface area contributed by atoms with Gasteiger partial charge in [0.05, 0.1) is 0 Å². The highest BCUT2D eigenvalue weighted by molar-refractivity contribution is 9.10. The Hall–Kier alpha value is -0.640. The number of anilines is 1. The molecule has 112 valence electrons. The summed E-state index contributed by atoms with van der Waals surface area (Å²) in [5.74, 6) is 2.72. The van der Waals surface area contributed by atoms with Crippen LogP contribution < -0.4 is 4.90 Å². The maximum Gasteiger partial charge on any atom is 0.137 e. The fraction of sp³-hybridized carbons (Fsp3) is 0.750. The number of hydrogen-bond donors (Lipinski definition) is 0. The minimum atomic E-state index is -0.0220. The lowest BCUT2D eigenvalue weighted by molar-refractivity contribution is 0.536. The summed E-state index contributed by atoms with van der Waals surface area (Å²) in [6.45, 7) is 12.1. The van der Waals surface area contributed by atoms with Crippen molar-refractivity contribution in [3.8, 4) is 0 Å². The highest BCUT2D eigenvalue weighted by Gasteiger charge is 2.31. The quantitative estimate of drug-likeness (QED) is 0.736. The zero-order valence-electron chi connectivity index (χ0n) is 13.3. The standard InChI is InChI=1S/C16H26BrN3/c1-11(2)8-9-20(12-6-7-12)14-10-13(17)18-15(19-14)16(3,4)5/h10-12H,6-9H2,1-5H3. The highest BCUT2D eigenvalue weighted by Crippen LogP contribution is 2.33. The zero-order chi connectivity index (χ0) is 14.9. The number of nitrogens with zero attached hydrogens (tertiary/aromatic N) is 3. The molecule has 1 fully saturated rings. The Morgan fingerprint density at radius 3 is 2.45 bits per heavy atom. The fourth-order valence-corrected chi connectivity index (χ4v) is 2.53.